The maximum absolute atomic E-state index is 13.5. The second-order valence-electron chi connectivity index (χ2n) is 6.22. The number of aromatic nitrogens is 2. The molecule has 3 aromatic rings. The van der Waals surface area contributed by atoms with Gasteiger partial charge in [0, 0.05) is 11.8 Å². The molecule has 0 bridgehead atoms. The second-order valence-corrected chi connectivity index (χ2v) is 6.22. The van der Waals surface area contributed by atoms with Gasteiger partial charge in [-0.15, -0.1) is 0 Å². The molecule has 0 atom stereocenters. The molecule has 2 aromatic carbocycles. The van der Waals surface area contributed by atoms with Crippen LogP contribution < -0.4 is 15.6 Å². The lowest BCUT2D eigenvalue weighted by atomic mass is 10.1. The molecular weight excluding hydrogens is 352 g/mol. The fourth-order valence-electron chi connectivity index (χ4n) is 2.74. The van der Waals surface area contributed by atoms with Gasteiger partial charge >= 0.3 is 5.56 Å². The van der Waals surface area contributed by atoms with E-state index in [1.807, 2.05) is 32.0 Å². The number of anilines is 2. The van der Waals surface area contributed by atoms with Gasteiger partial charge in [-0.1, -0.05) is 12.1 Å². The molecule has 0 aliphatic carbocycles. The van der Waals surface area contributed by atoms with Gasteiger partial charge < -0.3 is 14.6 Å². The molecule has 0 saturated heterocycles. The summed E-state index contributed by atoms with van der Waals surface area (Å²) in [5, 5.41) is 3.13. The molecule has 5 nitrogen and oxygen atoms in total. The van der Waals surface area contributed by atoms with E-state index in [1.165, 1.54) is 25.4 Å². The molecule has 0 amide bonds. The number of hydrogen-bond acceptors (Lipinski definition) is 4. The van der Waals surface area contributed by atoms with E-state index in [-0.39, 0.29) is 18.2 Å². The molecule has 1 heterocycles. The minimum atomic E-state index is -0.671. The average Bonchev–Trinajstić information content (AvgIpc) is 2.60. The van der Waals surface area contributed by atoms with Crippen LogP contribution in [-0.2, 0) is 6.54 Å². The zero-order valence-corrected chi connectivity index (χ0v) is 15.2. The van der Waals surface area contributed by atoms with Gasteiger partial charge in [-0.25, -0.2) is 8.78 Å². The number of nitrogens with zero attached hydrogens (tertiary/aromatic N) is 2. The van der Waals surface area contributed by atoms with Gasteiger partial charge in [0.25, 0.3) is 0 Å². The Bertz CT molecular complexity index is 1030. The maximum Gasteiger partial charge on any atom is 0.316 e. The lowest BCUT2D eigenvalue weighted by Crippen LogP contribution is -2.19. The van der Waals surface area contributed by atoms with Crippen LogP contribution in [0.1, 0.15) is 16.7 Å². The molecule has 1 N–H and O–H groups in total. The second kappa shape index (κ2) is 7.57. The Morgan fingerprint density at radius 2 is 1.85 bits per heavy atom. The monoisotopic (exact) mass is 371 g/mol. The molecule has 1 aromatic heterocycles. The number of halogens is 2. The quantitative estimate of drug-likeness (QED) is 0.738. The van der Waals surface area contributed by atoms with Crippen LogP contribution in [0.2, 0.25) is 0 Å². The van der Waals surface area contributed by atoms with Crippen LogP contribution in [0.25, 0.3) is 0 Å². The van der Waals surface area contributed by atoms with Gasteiger partial charge in [0.15, 0.2) is 0 Å². The van der Waals surface area contributed by atoms with Crippen molar-refractivity contribution in [1.29, 1.82) is 0 Å². The van der Waals surface area contributed by atoms with Crippen molar-refractivity contribution in [3.05, 3.63) is 81.3 Å². The predicted octanol–water partition coefficient (Wildman–Crippen LogP) is 3.94. The van der Waals surface area contributed by atoms with E-state index in [0.29, 0.717) is 5.56 Å². The molecule has 3 rings (SSSR count). The Kier molecular flexibility index (Phi) is 5.21. The molecular formula is C20H19F2N3O2. The highest BCUT2D eigenvalue weighted by atomic mass is 19.1. The standard InChI is InChI=1S/C20H19F2N3O2/c1-12-5-4-6-17(13(12)2)23-20-24-19(26)18(27-3)11-25(20)10-14-7-15(21)9-16(22)8-14/h4-9,11H,10H2,1-3H3,(H,23,24,26). The van der Waals surface area contributed by atoms with Crippen LogP contribution in [-0.4, -0.2) is 16.7 Å². The van der Waals surface area contributed by atoms with Gasteiger partial charge in [-0.05, 0) is 48.7 Å². The first kappa shape index (κ1) is 18.6. The Labute approximate surface area is 155 Å². The fraction of sp³-hybridized carbons (Fsp3) is 0.200. The molecule has 0 fully saturated rings. The van der Waals surface area contributed by atoms with Crippen molar-refractivity contribution in [2.45, 2.75) is 20.4 Å². The van der Waals surface area contributed by atoms with E-state index >= 15 is 0 Å². The summed E-state index contributed by atoms with van der Waals surface area (Å²) in [5.74, 6) is -1.05. The van der Waals surface area contributed by atoms with Gasteiger partial charge in [-0.2, -0.15) is 4.98 Å². The van der Waals surface area contributed by atoms with Crippen LogP contribution >= 0.6 is 0 Å². The summed E-state index contributed by atoms with van der Waals surface area (Å²) in [6.07, 6.45) is 1.46. The largest absolute Gasteiger partial charge is 0.490 e. The van der Waals surface area contributed by atoms with E-state index in [2.05, 4.69) is 10.3 Å². The van der Waals surface area contributed by atoms with E-state index in [9.17, 15) is 13.6 Å². The van der Waals surface area contributed by atoms with Crippen LogP contribution in [0.4, 0.5) is 20.4 Å². The summed E-state index contributed by atoms with van der Waals surface area (Å²) in [7, 11) is 1.36. The van der Waals surface area contributed by atoms with Crippen molar-refractivity contribution in [3.63, 3.8) is 0 Å². The lowest BCUT2D eigenvalue weighted by Gasteiger charge is -2.17. The highest BCUT2D eigenvalue weighted by Gasteiger charge is 2.12. The topological polar surface area (TPSA) is 56.1 Å². The number of aryl methyl sites for hydroxylation is 1. The summed E-state index contributed by atoms with van der Waals surface area (Å²) < 4.78 is 33.7. The third kappa shape index (κ3) is 4.13. The first-order chi connectivity index (χ1) is 12.9. The minimum absolute atomic E-state index is 0.0402. The van der Waals surface area contributed by atoms with Gasteiger partial charge in [0.1, 0.15) is 11.6 Å². The maximum atomic E-state index is 13.5. The Hall–Kier alpha value is -3.22. The first-order valence-electron chi connectivity index (χ1n) is 8.31. The molecule has 0 radical (unpaired) electrons. The molecule has 0 saturated carbocycles. The Morgan fingerprint density at radius 3 is 2.52 bits per heavy atom. The number of rotatable bonds is 5. The predicted molar refractivity (Wildman–Crippen MR) is 99.7 cm³/mol. The van der Waals surface area contributed by atoms with Crippen molar-refractivity contribution in [3.8, 4) is 5.75 Å². The number of nitrogens with one attached hydrogen (secondary N) is 1. The SMILES string of the molecule is COc1cn(Cc2cc(F)cc(F)c2)c(Nc2cccc(C)c2C)nc1=O. The molecule has 27 heavy (non-hydrogen) atoms. The third-order valence-electron chi connectivity index (χ3n) is 4.31. The van der Waals surface area contributed by atoms with Crippen LogP contribution in [0.15, 0.2) is 47.4 Å². The summed E-state index contributed by atoms with van der Waals surface area (Å²) >= 11 is 0. The average molecular weight is 371 g/mol. The summed E-state index contributed by atoms with van der Waals surface area (Å²) in [6, 6.07) is 9.00. The minimum Gasteiger partial charge on any atom is -0.490 e. The van der Waals surface area contributed by atoms with Gasteiger partial charge in [0.05, 0.1) is 19.9 Å². The molecule has 0 unspecified atom stereocenters. The number of ether oxygens (including phenoxy) is 1. The van der Waals surface area contributed by atoms with Crippen molar-refractivity contribution in [1.82, 2.24) is 9.55 Å². The van der Waals surface area contributed by atoms with E-state index in [1.54, 1.807) is 4.57 Å². The number of methoxy groups -OCH3 is 1. The van der Waals surface area contributed by atoms with E-state index < -0.39 is 17.2 Å². The first-order valence-corrected chi connectivity index (χ1v) is 8.31. The van der Waals surface area contributed by atoms with Crippen LogP contribution in [0, 0.1) is 25.5 Å². The molecule has 0 spiro atoms. The molecule has 7 heteroatoms. The summed E-state index contributed by atoms with van der Waals surface area (Å²) in [5.41, 5.74) is 2.72. The normalized spacial score (nSPS) is 10.7. The van der Waals surface area contributed by atoms with E-state index in [0.717, 1.165) is 22.9 Å². The highest BCUT2D eigenvalue weighted by Crippen LogP contribution is 2.23. The van der Waals surface area contributed by atoms with Crippen molar-refractivity contribution >= 4 is 11.6 Å². The molecule has 0 aliphatic rings. The van der Waals surface area contributed by atoms with Crippen LogP contribution in [0.3, 0.4) is 0 Å². The smallest absolute Gasteiger partial charge is 0.316 e. The Morgan fingerprint density at radius 1 is 1.15 bits per heavy atom. The molecule has 140 valence electrons. The molecule has 0 aliphatic heterocycles. The van der Waals surface area contributed by atoms with Crippen molar-refractivity contribution in [2.75, 3.05) is 12.4 Å². The van der Waals surface area contributed by atoms with E-state index in [4.69, 9.17) is 4.74 Å². The zero-order chi connectivity index (χ0) is 19.6. The van der Waals surface area contributed by atoms with Crippen molar-refractivity contribution in [2.24, 2.45) is 0 Å². The Balaban J connectivity index is 2.05. The number of hydrogen-bond donors (Lipinski definition) is 1. The number of benzene rings is 2. The fourth-order valence-corrected chi connectivity index (χ4v) is 2.74. The lowest BCUT2D eigenvalue weighted by molar-refractivity contribution is 0.402. The summed E-state index contributed by atoms with van der Waals surface area (Å²) in [6.45, 7) is 4.03. The van der Waals surface area contributed by atoms with Crippen molar-refractivity contribution < 1.29 is 13.5 Å². The van der Waals surface area contributed by atoms with Gasteiger partial charge in [-0.3, -0.25) is 4.79 Å². The highest BCUT2D eigenvalue weighted by molar-refractivity contribution is 5.60. The zero-order valence-electron chi connectivity index (χ0n) is 15.2. The summed E-state index contributed by atoms with van der Waals surface area (Å²) in [4.78, 5) is 16.2. The third-order valence-corrected chi connectivity index (χ3v) is 4.31. The van der Waals surface area contributed by atoms with Crippen LogP contribution in [0.5, 0.6) is 5.75 Å². The van der Waals surface area contributed by atoms with Gasteiger partial charge in [0.2, 0.25) is 11.7 Å².